The first-order valence-electron chi connectivity index (χ1n) is 2.83. The van der Waals surface area contributed by atoms with E-state index in [0.29, 0.717) is 12.6 Å². The lowest BCUT2D eigenvalue weighted by Crippen LogP contribution is -1.96. The monoisotopic (exact) mass is 122 g/mol. The average molecular weight is 122 g/mol. The fraction of sp³-hybridized carbons (Fsp3) is 0.143. The molecule has 1 aliphatic heterocycles. The van der Waals surface area contributed by atoms with Gasteiger partial charge in [0.2, 0.25) is 0 Å². The molecule has 46 valence electrons. The van der Waals surface area contributed by atoms with Crippen LogP contribution in [0.4, 0.5) is 0 Å². The van der Waals surface area contributed by atoms with Gasteiger partial charge in [0.25, 0.3) is 5.95 Å². The first-order chi connectivity index (χ1) is 4.47. The molecule has 1 aromatic heterocycles. The fourth-order valence-corrected chi connectivity index (χ4v) is 0.845. The van der Waals surface area contributed by atoms with E-state index >= 15 is 0 Å². The van der Waals surface area contributed by atoms with Gasteiger partial charge in [-0.25, -0.2) is 0 Å². The van der Waals surface area contributed by atoms with Crippen LogP contribution >= 0.6 is 0 Å². The Kier molecular flexibility index (Phi) is 0.859. The van der Waals surface area contributed by atoms with Crippen molar-refractivity contribution in [3.63, 3.8) is 0 Å². The molecule has 0 N–H and O–H groups in total. The summed E-state index contributed by atoms with van der Waals surface area (Å²) in [5.74, 6) is 0.637. The Bertz CT molecular complexity index is 235. The minimum atomic E-state index is 0.626. The van der Waals surface area contributed by atoms with Crippen LogP contribution in [0.2, 0.25) is 0 Å². The predicted molar refractivity (Wildman–Crippen MR) is 33.2 cm³/mol. The van der Waals surface area contributed by atoms with Crippen LogP contribution in [0.25, 0.3) is 6.08 Å². The zero-order valence-electron chi connectivity index (χ0n) is 4.83. The number of ether oxygens (including phenoxy) is 1. The maximum Gasteiger partial charge on any atom is 0.292 e. The van der Waals surface area contributed by atoms with Crippen LogP contribution in [-0.2, 0) is 0 Å². The van der Waals surface area contributed by atoms with E-state index in [-0.39, 0.29) is 0 Å². The van der Waals surface area contributed by atoms with Crippen LogP contribution in [0, 0.1) is 0 Å². The molecule has 0 aliphatic carbocycles. The zero-order valence-corrected chi connectivity index (χ0v) is 4.83. The van der Waals surface area contributed by atoms with Crippen LogP contribution in [0.3, 0.4) is 0 Å². The predicted octanol–water partition coefficient (Wildman–Crippen LogP) is 1.69. The van der Waals surface area contributed by atoms with Gasteiger partial charge in [-0.1, -0.05) is 0 Å². The molecule has 2 nitrogen and oxygen atoms in total. The van der Waals surface area contributed by atoms with Crippen LogP contribution in [0.15, 0.2) is 22.8 Å². The third-order valence-electron chi connectivity index (χ3n) is 1.27. The minimum absolute atomic E-state index is 0.626. The molecule has 0 atom stereocenters. The maximum absolute atomic E-state index is 5.11. The van der Waals surface area contributed by atoms with Gasteiger partial charge in [0.15, 0.2) is 0 Å². The van der Waals surface area contributed by atoms with Crippen LogP contribution in [-0.4, -0.2) is 6.61 Å². The number of furan rings is 1. The van der Waals surface area contributed by atoms with E-state index in [4.69, 9.17) is 9.15 Å². The number of hydrogen-bond donors (Lipinski definition) is 0. The Labute approximate surface area is 52.7 Å². The summed E-state index contributed by atoms with van der Waals surface area (Å²) in [6.07, 6.45) is 5.57. The topological polar surface area (TPSA) is 22.4 Å². The van der Waals surface area contributed by atoms with E-state index < -0.39 is 0 Å². The Morgan fingerprint density at radius 2 is 2.44 bits per heavy atom. The van der Waals surface area contributed by atoms with Crippen molar-refractivity contribution in [1.29, 1.82) is 0 Å². The molecule has 2 rings (SSSR count). The van der Waals surface area contributed by atoms with Gasteiger partial charge in [-0.2, -0.15) is 0 Å². The molecule has 1 aromatic rings. The first-order valence-corrected chi connectivity index (χ1v) is 2.83. The van der Waals surface area contributed by atoms with Crippen molar-refractivity contribution in [2.24, 2.45) is 0 Å². The quantitative estimate of drug-likeness (QED) is 0.522. The van der Waals surface area contributed by atoms with Crippen molar-refractivity contribution in [3.05, 3.63) is 24.0 Å². The number of rotatable bonds is 0. The van der Waals surface area contributed by atoms with Gasteiger partial charge < -0.3 is 9.15 Å². The van der Waals surface area contributed by atoms with E-state index in [2.05, 4.69) is 0 Å². The smallest absolute Gasteiger partial charge is 0.292 e. The van der Waals surface area contributed by atoms with Crippen LogP contribution in [0.1, 0.15) is 5.56 Å². The molecule has 0 bridgehead atoms. The van der Waals surface area contributed by atoms with Gasteiger partial charge >= 0.3 is 0 Å². The summed E-state index contributed by atoms with van der Waals surface area (Å²) >= 11 is 0. The summed E-state index contributed by atoms with van der Waals surface area (Å²) in [4.78, 5) is 0. The molecule has 0 aromatic carbocycles. The summed E-state index contributed by atoms with van der Waals surface area (Å²) < 4.78 is 10.1. The Morgan fingerprint density at radius 1 is 1.44 bits per heavy atom. The van der Waals surface area contributed by atoms with E-state index in [1.807, 2.05) is 18.2 Å². The van der Waals surface area contributed by atoms with Gasteiger partial charge in [-0.3, -0.25) is 0 Å². The van der Waals surface area contributed by atoms with Gasteiger partial charge in [-0.05, 0) is 18.2 Å². The molecular formula is C7H6O2. The van der Waals surface area contributed by atoms with Crippen LogP contribution in [0.5, 0.6) is 5.95 Å². The standard InChI is InChI=1S/C7H6O2/c1-2-6-3-5-9-7(6)8-4-1/h1-3,5H,4H2. The summed E-state index contributed by atoms with van der Waals surface area (Å²) in [5, 5.41) is 0. The highest BCUT2D eigenvalue weighted by molar-refractivity contribution is 5.55. The Morgan fingerprint density at radius 3 is 3.33 bits per heavy atom. The van der Waals surface area contributed by atoms with Crippen molar-refractivity contribution in [2.45, 2.75) is 0 Å². The summed E-state index contributed by atoms with van der Waals surface area (Å²) in [7, 11) is 0. The highest BCUT2D eigenvalue weighted by Crippen LogP contribution is 2.23. The van der Waals surface area contributed by atoms with Crippen molar-refractivity contribution < 1.29 is 9.15 Å². The van der Waals surface area contributed by atoms with E-state index in [9.17, 15) is 0 Å². The second kappa shape index (κ2) is 1.65. The highest BCUT2D eigenvalue weighted by atomic mass is 16.6. The summed E-state index contributed by atoms with van der Waals surface area (Å²) in [5.41, 5.74) is 1.03. The molecule has 0 amide bonds. The molecule has 0 fully saturated rings. The number of fused-ring (bicyclic) bond motifs is 1. The van der Waals surface area contributed by atoms with E-state index in [0.717, 1.165) is 5.56 Å². The van der Waals surface area contributed by atoms with E-state index in [1.165, 1.54) is 0 Å². The lowest BCUT2D eigenvalue weighted by atomic mass is 10.3. The van der Waals surface area contributed by atoms with Gasteiger partial charge in [0.05, 0.1) is 11.8 Å². The third-order valence-corrected chi connectivity index (χ3v) is 1.27. The molecular weight excluding hydrogens is 116 g/mol. The molecule has 0 unspecified atom stereocenters. The van der Waals surface area contributed by atoms with Gasteiger partial charge in [-0.15, -0.1) is 0 Å². The van der Waals surface area contributed by atoms with Crippen LogP contribution < -0.4 is 4.74 Å². The second-order valence-electron chi connectivity index (χ2n) is 1.88. The second-order valence-corrected chi connectivity index (χ2v) is 1.88. The lowest BCUT2D eigenvalue weighted by molar-refractivity contribution is 0.268. The molecule has 2 heteroatoms. The van der Waals surface area contributed by atoms with Crippen molar-refractivity contribution in [2.75, 3.05) is 6.61 Å². The molecule has 0 saturated carbocycles. The number of hydrogen-bond acceptors (Lipinski definition) is 2. The molecule has 0 spiro atoms. The lowest BCUT2D eigenvalue weighted by Gasteiger charge is -2.03. The van der Waals surface area contributed by atoms with E-state index in [1.54, 1.807) is 6.26 Å². The van der Waals surface area contributed by atoms with Gasteiger partial charge in [0.1, 0.15) is 6.61 Å². The molecule has 2 heterocycles. The molecule has 0 radical (unpaired) electrons. The summed E-state index contributed by atoms with van der Waals surface area (Å²) in [6.45, 7) is 0.626. The van der Waals surface area contributed by atoms with Crippen molar-refractivity contribution >= 4 is 6.08 Å². The Balaban J connectivity index is 2.53. The molecule has 1 aliphatic rings. The van der Waals surface area contributed by atoms with Crippen molar-refractivity contribution in [1.82, 2.24) is 0 Å². The molecule has 0 saturated heterocycles. The zero-order chi connectivity index (χ0) is 6.10. The van der Waals surface area contributed by atoms with Gasteiger partial charge in [0, 0.05) is 0 Å². The molecule has 9 heavy (non-hydrogen) atoms. The summed E-state index contributed by atoms with van der Waals surface area (Å²) in [6, 6.07) is 1.88. The third kappa shape index (κ3) is 0.633. The first kappa shape index (κ1) is 4.68. The largest absolute Gasteiger partial charge is 0.460 e. The average Bonchev–Trinajstić information content (AvgIpc) is 2.33. The Hall–Kier alpha value is -1.18. The highest BCUT2D eigenvalue weighted by Gasteiger charge is 2.06. The minimum Gasteiger partial charge on any atom is -0.460 e. The fourth-order valence-electron chi connectivity index (χ4n) is 0.845. The van der Waals surface area contributed by atoms with Crippen molar-refractivity contribution in [3.8, 4) is 5.95 Å². The SMILES string of the molecule is C1=Cc2ccoc2OC1. The maximum atomic E-state index is 5.11. The normalized spacial score (nSPS) is 14.7.